The molecule has 0 saturated carbocycles. The molecule has 1 saturated heterocycles. The number of hydrogen-bond acceptors (Lipinski definition) is 6. The van der Waals surface area contributed by atoms with E-state index in [1.807, 2.05) is 35.7 Å². The first kappa shape index (κ1) is 19.4. The highest BCUT2D eigenvalue weighted by Crippen LogP contribution is 2.19. The number of imidazole rings is 2. The first-order valence-electron chi connectivity index (χ1n) is 10.2. The number of nitrogens with one attached hydrogen (secondary N) is 1. The number of morpholine rings is 1. The van der Waals surface area contributed by atoms with Crippen LogP contribution in [-0.2, 0) is 11.3 Å². The first-order valence-corrected chi connectivity index (χ1v) is 10.2. The number of hydrogen-bond donors (Lipinski definition) is 1. The fraction of sp³-hybridized carbons (Fsp3) is 0.273. The van der Waals surface area contributed by atoms with Crippen molar-refractivity contribution in [3.63, 3.8) is 0 Å². The van der Waals surface area contributed by atoms with E-state index >= 15 is 0 Å². The minimum Gasteiger partial charge on any atom is -0.379 e. The molecule has 0 aliphatic carbocycles. The van der Waals surface area contributed by atoms with Gasteiger partial charge in [0.25, 0.3) is 5.91 Å². The fourth-order valence-corrected chi connectivity index (χ4v) is 3.63. The van der Waals surface area contributed by atoms with E-state index in [1.54, 1.807) is 29.4 Å². The molecule has 1 amide bonds. The van der Waals surface area contributed by atoms with E-state index < -0.39 is 0 Å². The van der Waals surface area contributed by atoms with Gasteiger partial charge in [-0.3, -0.25) is 18.7 Å². The second-order valence-electron chi connectivity index (χ2n) is 7.54. The van der Waals surface area contributed by atoms with Crippen LogP contribution in [0.25, 0.3) is 11.5 Å². The summed E-state index contributed by atoms with van der Waals surface area (Å²) in [6.45, 7) is 5.97. The van der Waals surface area contributed by atoms with Gasteiger partial charge in [-0.05, 0) is 30.7 Å². The molecule has 9 heteroatoms. The minimum atomic E-state index is -0.315. The molecule has 0 spiro atoms. The van der Waals surface area contributed by atoms with Crippen LogP contribution >= 0.6 is 0 Å². The lowest BCUT2D eigenvalue weighted by Crippen LogP contribution is -2.35. The topological polar surface area (TPSA) is 89.6 Å². The molecule has 158 valence electrons. The summed E-state index contributed by atoms with van der Waals surface area (Å²) >= 11 is 0. The summed E-state index contributed by atoms with van der Waals surface area (Å²) < 4.78 is 9.24. The number of aryl methyl sites for hydroxylation is 1. The van der Waals surface area contributed by atoms with Crippen molar-refractivity contribution in [1.82, 2.24) is 28.8 Å². The van der Waals surface area contributed by atoms with Crippen molar-refractivity contribution in [1.29, 1.82) is 0 Å². The number of nitrogens with zero attached hydrogens (tertiary/aromatic N) is 6. The molecule has 4 aromatic rings. The van der Waals surface area contributed by atoms with Gasteiger partial charge in [0.1, 0.15) is 17.8 Å². The van der Waals surface area contributed by atoms with Crippen LogP contribution in [-0.4, -0.2) is 61.0 Å². The Morgan fingerprint density at radius 3 is 2.84 bits per heavy atom. The third kappa shape index (κ3) is 4.05. The molecular formula is C22H23N7O2. The van der Waals surface area contributed by atoms with Gasteiger partial charge in [-0.2, -0.15) is 0 Å². The van der Waals surface area contributed by atoms with E-state index in [0.717, 1.165) is 49.6 Å². The molecule has 31 heavy (non-hydrogen) atoms. The molecule has 0 unspecified atom stereocenters. The SMILES string of the molecule is Cc1ccc(NC(=O)c2cn(-c3nc(CN4CCOCC4)c4ccccn34)cn2)nc1. The Labute approximate surface area is 179 Å². The molecule has 1 fully saturated rings. The van der Waals surface area contributed by atoms with E-state index in [4.69, 9.17) is 9.72 Å². The van der Waals surface area contributed by atoms with Crippen molar-refractivity contribution < 1.29 is 9.53 Å². The third-order valence-corrected chi connectivity index (χ3v) is 5.28. The summed E-state index contributed by atoms with van der Waals surface area (Å²) in [4.78, 5) is 28.3. The molecule has 1 aliphatic heterocycles. The number of rotatable bonds is 5. The standard InChI is InChI=1S/C22H23N7O2/c1-16-5-6-20(23-12-16)26-21(30)18-14-28(15-24-18)22-25-17(13-27-8-10-31-11-9-27)19-4-2-3-7-29(19)22/h2-7,12,14-15H,8-11,13H2,1H3,(H,23,26,30). The van der Waals surface area contributed by atoms with E-state index in [9.17, 15) is 4.79 Å². The van der Waals surface area contributed by atoms with Gasteiger partial charge in [0.2, 0.25) is 5.95 Å². The number of fused-ring (bicyclic) bond motifs is 1. The summed E-state index contributed by atoms with van der Waals surface area (Å²) in [6, 6.07) is 9.69. The van der Waals surface area contributed by atoms with Crippen LogP contribution in [0.15, 0.2) is 55.2 Å². The Bertz CT molecular complexity index is 1210. The lowest BCUT2D eigenvalue weighted by Gasteiger charge is -2.25. The van der Waals surface area contributed by atoms with Crippen molar-refractivity contribution in [2.45, 2.75) is 13.5 Å². The third-order valence-electron chi connectivity index (χ3n) is 5.28. The van der Waals surface area contributed by atoms with E-state index in [0.29, 0.717) is 17.5 Å². The van der Waals surface area contributed by atoms with Crippen molar-refractivity contribution in [2.24, 2.45) is 0 Å². The number of carbonyl (C=O) groups excluding carboxylic acids is 1. The maximum atomic E-state index is 12.6. The van der Waals surface area contributed by atoms with Gasteiger partial charge in [-0.1, -0.05) is 12.1 Å². The van der Waals surface area contributed by atoms with E-state index in [2.05, 4.69) is 26.3 Å². The first-order chi connectivity index (χ1) is 15.2. The maximum Gasteiger partial charge on any atom is 0.277 e. The Kier molecular flexibility index (Phi) is 5.19. The molecular weight excluding hydrogens is 394 g/mol. The predicted octanol–water partition coefficient (Wildman–Crippen LogP) is 2.31. The minimum absolute atomic E-state index is 0.296. The van der Waals surface area contributed by atoms with Gasteiger partial charge in [-0.15, -0.1) is 0 Å². The molecule has 1 aliphatic rings. The molecule has 0 atom stereocenters. The van der Waals surface area contributed by atoms with Crippen LogP contribution < -0.4 is 5.32 Å². The molecule has 4 aromatic heterocycles. The molecule has 0 radical (unpaired) electrons. The lowest BCUT2D eigenvalue weighted by molar-refractivity contribution is 0.0339. The fourth-order valence-electron chi connectivity index (χ4n) is 3.63. The zero-order chi connectivity index (χ0) is 21.2. The van der Waals surface area contributed by atoms with Crippen molar-refractivity contribution in [2.75, 3.05) is 31.6 Å². The zero-order valence-electron chi connectivity index (χ0n) is 17.2. The van der Waals surface area contributed by atoms with Crippen LogP contribution in [0.4, 0.5) is 5.82 Å². The average molecular weight is 417 g/mol. The summed E-state index contributed by atoms with van der Waals surface area (Å²) in [5.41, 5.74) is 3.35. The zero-order valence-corrected chi connectivity index (χ0v) is 17.2. The summed E-state index contributed by atoms with van der Waals surface area (Å²) in [5.74, 6) is 0.868. The number of carbonyl (C=O) groups is 1. The molecule has 0 bridgehead atoms. The van der Waals surface area contributed by atoms with Gasteiger partial charge in [0.15, 0.2) is 0 Å². The number of ether oxygens (including phenoxy) is 1. The van der Waals surface area contributed by atoms with Crippen molar-refractivity contribution >= 4 is 17.2 Å². The van der Waals surface area contributed by atoms with Crippen molar-refractivity contribution in [3.05, 3.63) is 72.2 Å². The molecule has 9 nitrogen and oxygen atoms in total. The quantitative estimate of drug-likeness (QED) is 0.536. The highest BCUT2D eigenvalue weighted by atomic mass is 16.5. The van der Waals surface area contributed by atoms with Crippen LogP contribution in [0.2, 0.25) is 0 Å². The Balaban J connectivity index is 1.41. The van der Waals surface area contributed by atoms with E-state index in [-0.39, 0.29) is 5.91 Å². The largest absolute Gasteiger partial charge is 0.379 e. The predicted molar refractivity (Wildman–Crippen MR) is 115 cm³/mol. The van der Waals surface area contributed by atoms with Crippen LogP contribution in [0, 0.1) is 6.92 Å². The van der Waals surface area contributed by atoms with Gasteiger partial charge < -0.3 is 10.1 Å². The monoisotopic (exact) mass is 417 g/mol. The van der Waals surface area contributed by atoms with Gasteiger partial charge >= 0.3 is 0 Å². The number of aromatic nitrogens is 5. The van der Waals surface area contributed by atoms with E-state index in [1.165, 1.54) is 0 Å². The molecule has 1 N–H and O–H groups in total. The van der Waals surface area contributed by atoms with Crippen molar-refractivity contribution in [3.8, 4) is 5.95 Å². The van der Waals surface area contributed by atoms with Crippen LogP contribution in [0.1, 0.15) is 21.7 Å². The summed E-state index contributed by atoms with van der Waals surface area (Å²) in [7, 11) is 0. The number of anilines is 1. The molecule has 5 heterocycles. The van der Waals surface area contributed by atoms with Gasteiger partial charge in [-0.25, -0.2) is 15.0 Å². The second-order valence-corrected chi connectivity index (χ2v) is 7.54. The van der Waals surface area contributed by atoms with Gasteiger partial charge in [0, 0.05) is 38.2 Å². The molecule has 0 aromatic carbocycles. The Morgan fingerprint density at radius 1 is 1.16 bits per heavy atom. The normalized spacial score (nSPS) is 14.7. The van der Waals surface area contributed by atoms with Crippen LogP contribution in [0.5, 0.6) is 0 Å². The second kappa shape index (κ2) is 8.29. The van der Waals surface area contributed by atoms with Crippen LogP contribution in [0.3, 0.4) is 0 Å². The lowest BCUT2D eigenvalue weighted by atomic mass is 10.3. The smallest absolute Gasteiger partial charge is 0.277 e. The molecule has 5 rings (SSSR count). The summed E-state index contributed by atoms with van der Waals surface area (Å²) in [6.07, 6.45) is 6.97. The Morgan fingerprint density at radius 2 is 2.03 bits per heavy atom. The average Bonchev–Trinajstić information content (AvgIpc) is 3.42. The Hall–Kier alpha value is -3.56. The number of pyridine rings is 2. The van der Waals surface area contributed by atoms with Gasteiger partial charge in [0.05, 0.1) is 24.4 Å². The summed E-state index contributed by atoms with van der Waals surface area (Å²) in [5, 5.41) is 2.78. The highest BCUT2D eigenvalue weighted by molar-refractivity contribution is 6.02. The maximum absolute atomic E-state index is 12.6. The number of amides is 1. The highest BCUT2D eigenvalue weighted by Gasteiger charge is 2.18.